The number of hydrogen-bond acceptors (Lipinski definition) is 2. The molecule has 13 rings (SSSR count). The van der Waals surface area contributed by atoms with Crippen LogP contribution in [0.4, 0.5) is 0 Å². The van der Waals surface area contributed by atoms with Crippen LogP contribution in [0.15, 0.2) is 224 Å². The molecule has 0 N–H and O–H groups in total. The predicted octanol–water partition coefficient (Wildman–Crippen LogP) is 16.5. The Balaban J connectivity index is 0.908. The van der Waals surface area contributed by atoms with Crippen molar-refractivity contribution in [2.45, 2.75) is 19.3 Å². The van der Waals surface area contributed by atoms with Gasteiger partial charge in [-0.2, -0.15) is 0 Å². The van der Waals surface area contributed by atoms with E-state index in [0.717, 1.165) is 39.2 Å². The van der Waals surface area contributed by atoms with E-state index in [-0.39, 0.29) is 5.41 Å². The molecule has 0 bridgehead atoms. The first-order valence-corrected chi connectivity index (χ1v) is 22.8. The van der Waals surface area contributed by atoms with Gasteiger partial charge in [0, 0.05) is 38.6 Å². The third kappa shape index (κ3) is 6.04. The van der Waals surface area contributed by atoms with Gasteiger partial charge in [0.25, 0.3) is 0 Å². The quantitative estimate of drug-likeness (QED) is 0.167. The summed E-state index contributed by atoms with van der Waals surface area (Å²) in [5, 5.41) is 7.35. The minimum absolute atomic E-state index is 0.154. The second-order valence-corrected chi connectivity index (χ2v) is 18.2. The van der Waals surface area contributed by atoms with E-state index in [4.69, 9.17) is 9.97 Å². The molecule has 0 aliphatic heterocycles. The molecule has 310 valence electrons. The number of fused-ring (bicyclic) bond motifs is 8. The molecule has 0 saturated carbocycles. The largest absolute Gasteiger partial charge is 0.309 e. The van der Waals surface area contributed by atoms with Gasteiger partial charge in [-0.25, -0.2) is 9.97 Å². The lowest BCUT2D eigenvalue weighted by atomic mass is 9.81. The van der Waals surface area contributed by atoms with Crippen LogP contribution in [0.2, 0.25) is 0 Å². The number of hydrogen-bond donors (Lipinski definition) is 0. The molecule has 2 aromatic heterocycles. The maximum Gasteiger partial charge on any atom is 0.160 e. The van der Waals surface area contributed by atoms with E-state index in [2.05, 4.69) is 237 Å². The summed E-state index contributed by atoms with van der Waals surface area (Å²) in [5.74, 6) is 0.714. The lowest BCUT2D eigenvalue weighted by molar-refractivity contribution is 0.661. The third-order valence-electron chi connectivity index (χ3n) is 14.0. The van der Waals surface area contributed by atoms with Crippen molar-refractivity contribution in [3.8, 4) is 73.0 Å². The van der Waals surface area contributed by atoms with Crippen LogP contribution >= 0.6 is 0 Å². The maximum absolute atomic E-state index is 5.33. The van der Waals surface area contributed by atoms with E-state index in [0.29, 0.717) is 5.82 Å². The maximum atomic E-state index is 5.33. The van der Waals surface area contributed by atoms with Crippen molar-refractivity contribution in [1.29, 1.82) is 0 Å². The van der Waals surface area contributed by atoms with Gasteiger partial charge in [0.2, 0.25) is 0 Å². The SMILES string of the molecule is CC1(C)c2cc3ccccc3cc2-c2c(-c3cc(-c4ccc5cc(-c6ccccc6-c6ccc7c(c6)c6ccccc6n7-c6ccccc6)ccc5c4)nc(-c4ccccc4)n3)cccc21. The van der Waals surface area contributed by atoms with E-state index >= 15 is 0 Å². The average molecular weight is 842 g/mol. The molecule has 3 nitrogen and oxygen atoms in total. The van der Waals surface area contributed by atoms with E-state index in [1.165, 1.54) is 82.5 Å². The molecule has 1 aliphatic rings. The first kappa shape index (κ1) is 38.1. The first-order valence-electron chi connectivity index (χ1n) is 22.8. The van der Waals surface area contributed by atoms with Gasteiger partial charge in [-0.1, -0.05) is 178 Å². The molecule has 0 fully saturated rings. The van der Waals surface area contributed by atoms with Gasteiger partial charge in [0.15, 0.2) is 5.82 Å². The fourth-order valence-corrected chi connectivity index (χ4v) is 10.7. The van der Waals surface area contributed by atoms with Crippen molar-refractivity contribution in [1.82, 2.24) is 14.5 Å². The summed E-state index contributed by atoms with van der Waals surface area (Å²) in [6.45, 7) is 4.70. The lowest BCUT2D eigenvalue weighted by Crippen LogP contribution is -2.14. The first-order chi connectivity index (χ1) is 32.5. The molecule has 0 unspecified atom stereocenters. The molecule has 3 heteroatoms. The molecule has 0 amide bonds. The average Bonchev–Trinajstić information content (AvgIpc) is 3.83. The fraction of sp³-hybridized carbons (Fsp3) is 0.0476. The highest BCUT2D eigenvalue weighted by atomic mass is 15.0. The van der Waals surface area contributed by atoms with Gasteiger partial charge in [-0.3, -0.25) is 0 Å². The zero-order chi connectivity index (χ0) is 43.9. The third-order valence-corrected chi connectivity index (χ3v) is 14.0. The molecule has 10 aromatic carbocycles. The summed E-state index contributed by atoms with van der Waals surface area (Å²) >= 11 is 0. The van der Waals surface area contributed by atoms with E-state index in [9.17, 15) is 0 Å². The Morgan fingerprint density at radius 3 is 1.71 bits per heavy atom. The highest BCUT2D eigenvalue weighted by molar-refractivity contribution is 6.11. The predicted molar refractivity (Wildman–Crippen MR) is 276 cm³/mol. The molecule has 2 heterocycles. The van der Waals surface area contributed by atoms with Crippen LogP contribution in [0, 0.1) is 0 Å². The molecule has 12 aromatic rings. The Kier molecular flexibility index (Phi) is 8.56. The van der Waals surface area contributed by atoms with Gasteiger partial charge in [0.05, 0.1) is 22.4 Å². The Morgan fingerprint density at radius 1 is 0.348 bits per heavy atom. The van der Waals surface area contributed by atoms with E-state index in [1.54, 1.807) is 0 Å². The molecule has 0 radical (unpaired) electrons. The van der Waals surface area contributed by atoms with Crippen LogP contribution in [-0.4, -0.2) is 14.5 Å². The topological polar surface area (TPSA) is 30.7 Å². The summed E-state index contributed by atoms with van der Waals surface area (Å²) in [6.07, 6.45) is 0. The Morgan fingerprint density at radius 2 is 0.924 bits per heavy atom. The smallest absolute Gasteiger partial charge is 0.160 e. The molecular weight excluding hydrogens is 799 g/mol. The number of rotatable bonds is 6. The summed E-state index contributed by atoms with van der Waals surface area (Å²) < 4.78 is 2.37. The summed E-state index contributed by atoms with van der Waals surface area (Å²) in [6, 6.07) is 81.4. The Bertz CT molecular complexity index is 3900. The van der Waals surface area contributed by atoms with Crippen LogP contribution in [0.3, 0.4) is 0 Å². The minimum Gasteiger partial charge on any atom is -0.309 e. The highest BCUT2D eigenvalue weighted by Crippen LogP contribution is 2.53. The second-order valence-electron chi connectivity index (χ2n) is 18.2. The van der Waals surface area contributed by atoms with Gasteiger partial charge in [-0.05, 0) is 127 Å². The molecule has 0 saturated heterocycles. The summed E-state index contributed by atoms with van der Waals surface area (Å²) in [7, 11) is 0. The number of benzene rings is 10. The zero-order valence-corrected chi connectivity index (χ0v) is 36.7. The second kappa shape index (κ2) is 14.8. The standard InChI is InChI=1S/C63H43N3/c1-63(2)55-26-15-25-52(61(55)54-36-41-18-9-10-19-42(41)38-56(54)63)58-39-57(64-62(65-58)40-16-5-3-6-17-40)47-31-29-43-34-45(30-28-44(43)35-47)49-22-11-12-23-50(49)46-32-33-60-53(37-46)51-24-13-14-27-59(51)66(60)48-20-7-4-8-21-48/h3-39H,1-2H3. The Labute approximate surface area is 384 Å². The van der Waals surface area contributed by atoms with Gasteiger partial charge in [0.1, 0.15) is 0 Å². The van der Waals surface area contributed by atoms with Crippen molar-refractivity contribution < 1.29 is 0 Å². The van der Waals surface area contributed by atoms with Crippen molar-refractivity contribution in [3.63, 3.8) is 0 Å². The number of nitrogens with zero attached hydrogens (tertiary/aromatic N) is 3. The van der Waals surface area contributed by atoms with Crippen molar-refractivity contribution in [2.24, 2.45) is 0 Å². The van der Waals surface area contributed by atoms with E-state index in [1.807, 2.05) is 6.07 Å². The molecule has 1 aliphatic carbocycles. The van der Waals surface area contributed by atoms with Crippen LogP contribution in [0.25, 0.3) is 116 Å². The van der Waals surface area contributed by atoms with Crippen LogP contribution < -0.4 is 0 Å². The summed E-state index contributed by atoms with van der Waals surface area (Å²) in [4.78, 5) is 10.6. The van der Waals surface area contributed by atoms with Crippen molar-refractivity contribution in [2.75, 3.05) is 0 Å². The van der Waals surface area contributed by atoms with E-state index < -0.39 is 0 Å². The van der Waals surface area contributed by atoms with Gasteiger partial charge < -0.3 is 4.57 Å². The minimum atomic E-state index is -0.154. The molecule has 0 spiro atoms. The Hall–Kier alpha value is -8.40. The van der Waals surface area contributed by atoms with Crippen LogP contribution in [0.5, 0.6) is 0 Å². The fourth-order valence-electron chi connectivity index (χ4n) is 10.7. The highest BCUT2D eigenvalue weighted by Gasteiger charge is 2.37. The molecule has 0 atom stereocenters. The van der Waals surface area contributed by atoms with Crippen molar-refractivity contribution in [3.05, 3.63) is 236 Å². The van der Waals surface area contributed by atoms with Crippen LogP contribution in [0.1, 0.15) is 25.0 Å². The lowest BCUT2D eigenvalue weighted by Gasteiger charge is -2.22. The molecule has 66 heavy (non-hydrogen) atoms. The zero-order valence-electron chi connectivity index (χ0n) is 36.7. The number of aromatic nitrogens is 3. The monoisotopic (exact) mass is 841 g/mol. The summed E-state index contributed by atoms with van der Waals surface area (Å²) in [5.41, 5.74) is 18.4. The van der Waals surface area contributed by atoms with Gasteiger partial charge in [-0.15, -0.1) is 0 Å². The van der Waals surface area contributed by atoms with Crippen LogP contribution in [-0.2, 0) is 5.41 Å². The normalized spacial score (nSPS) is 12.8. The number of para-hydroxylation sites is 2. The molecular formula is C63H43N3. The van der Waals surface area contributed by atoms with Crippen molar-refractivity contribution >= 4 is 43.4 Å². The van der Waals surface area contributed by atoms with Gasteiger partial charge >= 0.3 is 0 Å².